The van der Waals surface area contributed by atoms with Crippen molar-refractivity contribution >= 4 is 0 Å². The summed E-state index contributed by atoms with van der Waals surface area (Å²) in [4.78, 5) is 0. The van der Waals surface area contributed by atoms with Crippen molar-refractivity contribution in [2.45, 2.75) is 37.8 Å². The van der Waals surface area contributed by atoms with Crippen molar-refractivity contribution in [2.24, 2.45) is 0 Å². The third-order valence-corrected chi connectivity index (χ3v) is 3.26. The number of halogens is 2. The molecule has 1 aromatic carbocycles. The summed E-state index contributed by atoms with van der Waals surface area (Å²) in [5.41, 5.74) is 0.0457. The summed E-state index contributed by atoms with van der Waals surface area (Å²) in [7, 11) is 0. The number of rotatable bonds is 2. The molecule has 2 atom stereocenters. The topological polar surface area (TPSA) is 32.3 Å². The second kappa shape index (κ2) is 5.56. The van der Waals surface area contributed by atoms with E-state index >= 15 is 0 Å². The Morgan fingerprint density at radius 3 is 2.88 bits per heavy atom. The van der Waals surface area contributed by atoms with Gasteiger partial charge in [0.05, 0.1) is 6.10 Å². The fraction of sp³-hybridized carbons (Fsp3) is 0.538. The van der Waals surface area contributed by atoms with Gasteiger partial charge in [-0.1, -0.05) is 12.8 Å². The Morgan fingerprint density at radius 1 is 1.24 bits per heavy atom. The largest absolute Gasteiger partial charge is 0.387 e. The Kier molecular flexibility index (Phi) is 4.07. The van der Waals surface area contributed by atoms with Crippen molar-refractivity contribution in [3.05, 3.63) is 35.4 Å². The lowest BCUT2D eigenvalue weighted by atomic mass is 9.98. The molecule has 2 nitrogen and oxygen atoms in total. The van der Waals surface area contributed by atoms with Crippen LogP contribution in [0, 0.1) is 11.6 Å². The van der Waals surface area contributed by atoms with E-state index in [1.54, 1.807) is 0 Å². The van der Waals surface area contributed by atoms with Crippen molar-refractivity contribution in [1.82, 2.24) is 5.32 Å². The Balaban J connectivity index is 2.16. The number of benzene rings is 1. The molecular weight excluding hydrogens is 224 g/mol. The molecule has 1 aliphatic rings. The first-order valence-electron chi connectivity index (χ1n) is 6.05. The van der Waals surface area contributed by atoms with Crippen LogP contribution in [0.3, 0.4) is 0 Å². The molecule has 0 saturated carbocycles. The third kappa shape index (κ3) is 3.01. The first kappa shape index (κ1) is 12.5. The molecule has 2 rings (SSSR count). The van der Waals surface area contributed by atoms with Crippen LogP contribution < -0.4 is 5.32 Å². The van der Waals surface area contributed by atoms with Gasteiger partial charge in [-0.05, 0) is 37.6 Å². The average molecular weight is 241 g/mol. The van der Waals surface area contributed by atoms with Crippen LogP contribution in [-0.4, -0.2) is 17.7 Å². The van der Waals surface area contributed by atoms with Gasteiger partial charge in [-0.3, -0.25) is 0 Å². The zero-order valence-corrected chi connectivity index (χ0v) is 9.63. The van der Waals surface area contributed by atoms with Gasteiger partial charge < -0.3 is 10.4 Å². The SMILES string of the molecule is OC(c1cc(F)ccc1F)C1CCCCCN1. The predicted molar refractivity (Wildman–Crippen MR) is 61.6 cm³/mol. The lowest BCUT2D eigenvalue weighted by Gasteiger charge is -2.23. The first-order chi connectivity index (χ1) is 8.18. The van der Waals surface area contributed by atoms with Gasteiger partial charge >= 0.3 is 0 Å². The van der Waals surface area contributed by atoms with Gasteiger partial charge in [-0.2, -0.15) is 0 Å². The molecule has 1 fully saturated rings. The molecule has 0 aromatic heterocycles. The molecule has 1 aromatic rings. The van der Waals surface area contributed by atoms with E-state index in [1.807, 2.05) is 0 Å². The fourth-order valence-corrected chi connectivity index (χ4v) is 2.28. The smallest absolute Gasteiger partial charge is 0.129 e. The summed E-state index contributed by atoms with van der Waals surface area (Å²) in [6.45, 7) is 0.818. The van der Waals surface area contributed by atoms with Gasteiger partial charge in [0.15, 0.2) is 0 Å². The van der Waals surface area contributed by atoms with Gasteiger partial charge in [0.2, 0.25) is 0 Å². The first-order valence-corrected chi connectivity index (χ1v) is 6.05. The molecule has 1 saturated heterocycles. The van der Waals surface area contributed by atoms with E-state index in [1.165, 1.54) is 0 Å². The second-order valence-corrected chi connectivity index (χ2v) is 4.52. The summed E-state index contributed by atoms with van der Waals surface area (Å²) in [5, 5.41) is 13.3. The molecule has 1 aliphatic heterocycles. The monoisotopic (exact) mass is 241 g/mol. The fourth-order valence-electron chi connectivity index (χ4n) is 2.28. The van der Waals surface area contributed by atoms with Crippen LogP contribution in [0.25, 0.3) is 0 Å². The van der Waals surface area contributed by atoms with Crippen LogP contribution >= 0.6 is 0 Å². The van der Waals surface area contributed by atoms with Crippen LogP contribution in [-0.2, 0) is 0 Å². The molecule has 0 radical (unpaired) electrons. The van der Waals surface area contributed by atoms with Crippen molar-refractivity contribution in [3.63, 3.8) is 0 Å². The molecule has 0 amide bonds. The van der Waals surface area contributed by atoms with Gasteiger partial charge in [-0.25, -0.2) is 8.78 Å². The van der Waals surface area contributed by atoms with Gasteiger partial charge in [0.1, 0.15) is 11.6 Å². The molecule has 0 bridgehead atoms. The van der Waals surface area contributed by atoms with E-state index in [-0.39, 0.29) is 11.6 Å². The van der Waals surface area contributed by atoms with Gasteiger partial charge in [-0.15, -0.1) is 0 Å². The third-order valence-electron chi connectivity index (χ3n) is 3.26. The number of hydrogen-bond donors (Lipinski definition) is 2. The van der Waals surface area contributed by atoms with Crippen molar-refractivity contribution in [3.8, 4) is 0 Å². The van der Waals surface area contributed by atoms with Crippen molar-refractivity contribution < 1.29 is 13.9 Å². The van der Waals surface area contributed by atoms with E-state index in [4.69, 9.17) is 0 Å². The Hall–Kier alpha value is -1.00. The minimum absolute atomic E-state index is 0.0457. The number of hydrogen-bond acceptors (Lipinski definition) is 2. The lowest BCUT2D eigenvalue weighted by molar-refractivity contribution is 0.122. The van der Waals surface area contributed by atoms with Gasteiger partial charge in [0.25, 0.3) is 0 Å². The van der Waals surface area contributed by atoms with E-state index in [2.05, 4.69) is 5.32 Å². The van der Waals surface area contributed by atoms with E-state index in [0.29, 0.717) is 0 Å². The summed E-state index contributed by atoms with van der Waals surface area (Å²) in [6.07, 6.45) is 2.99. The van der Waals surface area contributed by atoms with Crippen molar-refractivity contribution in [1.29, 1.82) is 0 Å². The highest BCUT2D eigenvalue weighted by Gasteiger charge is 2.24. The number of aliphatic hydroxyl groups is 1. The molecule has 4 heteroatoms. The van der Waals surface area contributed by atoms with Gasteiger partial charge in [0, 0.05) is 11.6 Å². The Morgan fingerprint density at radius 2 is 2.06 bits per heavy atom. The quantitative estimate of drug-likeness (QED) is 0.834. The van der Waals surface area contributed by atoms with Crippen LogP contribution in [0.4, 0.5) is 8.78 Å². The molecule has 1 heterocycles. The highest BCUT2D eigenvalue weighted by molar-refractivity contribution is 5.22. The highest BCUT2D eigenvalue weighted by Crippen LogP contribution is 2.25. The standard InChI is InChI=1S/C13H17F2NO/c14-9-5-6-11(15)10(8-9)13(17)12-4-2-1-3-7-16-12/h5-6,8,12-13,16-17H,1-4,7H2. The minimum atomic E-state index is -0.983. The number of nitrogens with one attached hydrogen (secondary N) is 1. The maximum Gasteiger partial charge on any atom is 0.129 e. The van der Waals surface area contributed by atoms with Crippen LogP contribution in [0.5, 0.6) is 0 Å². The summed E-state index contributed by atoms with van der Waals surface area (Å²) >= 11 is 0. The summed E-state index contributed by atoms with van der Waals surface area (Å²) < 4.78 is 26.6. The van der Waals surface area contributed by atoms with Crippen LogP contribution in [0.1, 0.15) is 37.4 Å². The molecule has 2 unspecified atom stereocenters. The Labute approximate surface area is 99.7 Å². The molecule has 2 N–H and O–H groups in total. The Bertz CT molecular complexity index is 376. The zero-order chi connectivity index (χ0) is 12.3. The maximum absolute atomic E-state index is 13.5. The van der Waals surface area contributed by atoms with E-state index in [0.717, 1.165) is 50.4 Å². The normalized spacial score (nSPS) is 23.1. The van der Waals surface area contributed by atoms with Crippen LogP contribution in [0.2, 0.25) is 0 Å². The molecular formula is C13H17F2NO. The van der Waals surface area contributed by atoms with E-state index in [9.17, 15) is 13.9 Å². The average Bonchev–Trinajstić information content (AvgIpc) is 2.60. The van der Waals surface area contributed by atoms with Crippen molar-refractivity contribution in [2.75, 3.05) is 6.54 Å². The zero-order valence-electron chi connectivity index (χ0n) is 9.63. The second-order valence-electron chi connectivity index (χ2n) is 4.52. The molecule has 17 heavy (non-hydrogen) atoms. The van der Waals surface area contributed by atoms with E-state index < -0.39 is 17.7 Å². The maximum atomic E-state index is 13.5. The predicted octanol–water partition coefficient (Wildman–Crippen LogP) is 2.53. The molecule has 0 aliphatic carbocycles. The summed E-state index contributed by atoms with van der Waals surface area (Å²) in [5.74, 6) is -1.07. The number of aliphatic hydroxyl groups excluding tert-OH is 1. The molecule has 0 spiro atoms. The highest BCUT2D eigenvalue weighted by atomic mass is 19.1. The minimum Gasteiger partial charge on any atom is -0.387 e. The van der Waals surface area contributed by atoms with Crippen LogP contribution in [0.15, 0.2) is 18.2 Å². The summed E-state index contributed by atoms with van der Waals surface area (Å²) in [6, 6.07) is 3.01. The lowest BCUT2D eigenvalue weighted by Crippen LogP contribution is -2.34. The molecule has 94 valence electrons.